The van der Waals surface area contributed by atoms with Crippen molar-refractivity contribution in [1.29, 1.82) is 0 Å². The molecule has 1 aliphatic rings. The van der Waals surface area contributed by atoms with Crippen LogP contribution < -0.4 is 5.32 Å². The average molecular weight is 255 g/mol. The maximum absolute atomic E-state index is 5.55. The molecule has 1 aromatic heterocycles. The van der Waals surface area contributed by atoms with Gasteiger partial charge in [-0.2, -0.15) is 0 Å². The van der Waals surface area contributed by atoms with Crippen LogP contribution in [-0.4, -0.2) is 53.2 Å². The van der Waals surface area contributed by atoms with Gasteiger partial charge in [0.25, 0.3) is 0 Å². The molecule has 1 aliphatic heterocycles. The van der Waals surface area contributed by atoms with Crippen LogP contribution >= 0.6 is 0 Å². The smallest absolute Gasteiger partial charge is 0.165 e. The second kappa shape index (κ2) is 6.77. The minimum absolute atomic E-state index is 0.295. The first-order valence-corrected chi connectivity index (χ1v) is 6.37. The Bertz CT molecular complexity index is 357. The van der Waals surface area contributed by atoms with Crippen molar-refractivity contribution in [2.24, 2.45) is 5.92 Å². The van der Waals surface area contributed by atoms with Crippen LogP contribution in [0.15, 0.2) is 0 Å². The summed E-state index contributed by atoms with van der Waals surface area (Å²) in [6.07, 6.45) is 1.38. The maximum atomic E-state index is 5.55. The number of rotatable bonds is 7. The van der Waals surface area contributed by atoms with Crippen LogP contribution in [0, 0.1) is 5.92 Å². The summed E-state index contributed by atoms with van der Waals surface area (Å²) >= 11 is 0. The first-order valence-electron chi connectivity index (χ1n) is 6.37. The van der Waals surface area contributed by atoms with Crippen molar-refractivity contribution in [2.45, 2.75) is 32.5 Å². The minimum atomic E-state index is 0.295. The third kappa shape index (κ3) is 3.47. The summed E-state index contributed by atoms with van der Waals surface area (Å²) in [4.78, 5) is 0. The molecule has 7 heteroatoms. The number of nitrogens with zero attached hydrogens (tertiary/aromatic N) is 4. The Balaban J connectivity index is 1.83. The lowest BCUT2D eigenvalue weighted by molar-refractivity contribution is 0.100. The van der Waals surface area contributed by atoms with Crippen molar-refractivity contribution in [3.63, 3.8) is 0 Å². The summed E-state index contributed by atoms with van der Waals surface area (Å²) in [6, 6.07) is 0. The highest BCUT2D eigenvalue weighted by Gasteiger charge is 2.25. The van der Waals surface area contributed by atoms with E-state index in [1.165, 1.54) is 0 Å². The molecule has 1 fully saturated rings. The number of aromatic nitrogens is 4. The second-order valence-corrected chi connectivity index (χ2v) is 4.57. The van der Waals surface area contributed by atoms with E-state index in [1.807, 2.05) is 4.68 Å². The SMILES string of the molecule is COCCNCc1nnnn1CC1CCOC1C. The van der Waals surface area contributed by atoms with Crippen LogP contribution in [-0.2, 0) is 22.6 Å². The van der Waals surface area contributed by atoms with E-state index in [0.717, 1.165) is 31.9 Å². The molecule has 1 aromatic rings. The summed E-state index contributed by atoms with van der Waals surface area (Å²) in [5, 5.41) is 15.1. The molecule has 7 nitrogen and oxygen atoms in total. The van der Waals surface area contributed by atoms with Gasteiger partial charge in [0.1, 0.15) is 0 Å². The van der Waals surface area contributed by atoms with Gasteiger partial charge in [-0.1, -0.05) is 0 Å². The third-order valence-electron chi connectivity index (χ3n) is 3.31. The average Bonchev–Trinajstić information content (AvgIpc) is 2.96. The Morgan fingerprint density at radius 2 is 2.44 bits per heavy atom. The van der Waals surface area contributed by atoms with Gasteiger partial charge >= 0.3 is 0 Å². The Hall–Kier alpha value is -1.05. The number of methoxy groups -OCH3 is 1. The van der Waals surface area contributed by atoms with E-state index >= 15 is 0 Å². The highest BCUT2D eigenvalue weighted by Crippen LogP contribution is 2.21. The molecule has 0 spiro atoms. The van der Waals surface area contributed by atoms with Gasteiger partial charge < -0.3 is 14.8 Å². The fraction of sp³-hybridized carbons (Fsp3) is 0.909. The maximum Gasteiger partial charge on any atom is 0.165 e. The van der Waals surface area contributed by atoms with Crippen molar-refractivity contribution in [1.82, 2.24) is 25.5 Å². The molecule has 18 heavy (non-hydrogen) atoms. The summed E-state index contributed by atoms with van der Waals surface area (Å²) in [6.45, 7) is 5.93. The number of tetrazole rings is 1. The van der Waals surface area contributed by atoms with E-state index in [9.17, 15) is 0 Å². The zero-order valence-corrected chi connectivity index (χ0v) is 11.0. The summed E-state index contributed by atoms with van der Waals surface area (Å²) < 4.78 is 12.4. The fourth-order valence-electron chi connectivity index (χ4n) is 2.10. The largest absolute Gasteiger partial charge is 0.383 e. The van der Waals surface area contributed by atoms with E-state index in [4.69, 9.17) is 9.47 Å². The zero-order valence-electron chi connectivity index (χ0n) is 11.0. The van der Waals surface area contributed by atoms with Gasteiger partial charge in [-0.05, 0) is 23.8 Å². The van der Waals surface area contributed by atoms with Crippen LogP contribution in [0.4, 0.5) is 0 Å². The molecule has 2 atom stereocenters. The van der Waals surface area contributed by atoms with Crippen molar-refractivity contribution in [3.8, 4) is 0 Å². The predicted octanol–water partition coefficient (Wildman–Crippen LogP) is -0.166. The molecule has 1 saturated heterocycles. The van der Waals surface area contributed by atoms with Gasteiger partial charge in [0.05, 0.1) is 25.8 Å². The van der Waals surface area contributed by atoms with Crippen LogP contribution in [0.1, 0.15) is 19.2 Å². The van der Waals surface area contributed by atoms with Crippen LogP contribution in [0.3, 0.4) is 0 Å². The van der Waals surface area contributed by atoms with E-state index in [-0.39, 0.29) is 0 Å². The molecule has 2 unspecified atom stereocenters. The van der Waals surface area contributed by atoms with Crippen molar-refractivity contribution in [2.75, 3.05) is 26.9 Å². The van der Waals surface area contributed by atoms with Gasteiger partial charge in [0, 0.05) is 26.2 Å². The Morgan fingerprint density at radius 3 is 3.17 bits per heavy atom. The highest BCUT2D eigenvalue weighted by atomic mass is 16.5. The summed E-state index contributed by atoms with van der Waals surface area (Å²) in [7, 11) is 1.69. The van der Waals surface area contributed by atoms with Gasteiger partial charge in [0.2, 0.25) is 0 Å². The van der Waals surface area contributed by atoms with Crippen molar-refractivity contribution >= 4 is 0 Å². The number of ether oxygens (including phenoxy) is 2. The lowest BCUT2D eigenvalue weighted by Gasteiger charge is -2.14. The van der Waals surface area contributed by atoms with Crippen LogP contribution in [0.25, 0.3) is 0 Å². The Kier molecular flexibility index (Phi) is 5.03. The molecule has 1 N–H and O–H groups in total. The molecule has 0 amide bonds. The molecule has 2 rings (SSSR count). The van der Waals surface area contributed by atoms with Crippen LogP contribution in [0.2, 0.25) is 0 Å². The van der Waals surface area contributed by atoms with Crippen LogP contribution in [0.5, 0.6) is 0 Å². The normalized spacial score (nSPS) is 23.7. The van der Waals surface area contributed by atoms with E-state index < -0.39 is 0 Å². The predicted molar refractivity (Wildman–Crippen MR) is 64.9 cm³/mol. The van der Waals surface area contributed by atoms with E-state index in [2.05, 4.69) is 27.8 Å². The Morgan fingerprint density at radius 1 is 1.56 bits per heavy atom. The lowest BCUT2D eigenvalue weighted by Crippen LogP contribution is -2.24. The minimum Gasteiger partial charge on any atom is -0.383 e. The zero-order chi connectivity index (χ0) is 12.8. The van der Waals surface area contributed by atoms with Crippen molar-refractivity contribution < 1.29 is 9.47 Å². The van der Waals surface area contributed by atoms with E-state index in [1.54, 1.807) is 7.11 Å². The fourth-order valence-corrected chi connectivity index (χ4v) is 2.10. The standard InChI is InChI=1S/C11H21N5O2/c1-9-10(3-5-18-9)8-16-11(13-14-15-16)7-12-4-6-17-2/h9-10,12H,3-8H2,1-2H3. The first-order chi connectivity index (χ1) is 8.81. The number of nitrogens with one attached hydrogen (secondary N) is 1. The molecular weight excluding hydrogens is 234 g/mol. The second-order valence-electron chi connectivity index (χ2n) is 4.57. The lowest BCUT2D eigenvalue weighted by atomic mass is 10.0. The molecular formula is C11H21N5O2. The third-order valence-corrected chi connectivity index (χ3v) is 3.31. The molecule has 102 valence electrons. The Labute approximate surface area is 107 Å². The first kappa shape index (κ1) is 13.4. The molecule has 0 aliphatic carbocycles. The van der Waals surface area contributed by atoms with Gasteiger partial charge in [-0.15, -0.1) is 5.10 Å². The van der Waals surface area contributed by atoms with Gasteiger partial charge in [0.15, 0.2) is 5.82 Å². The molecule has 0 saturated carbocycles. The van der Waals surface area contributed by atoms with E-state index in [0.29, 0.717) is 25.2 Å². The number of hydrogen-bond acceptors (Lipinski definition) is 6. The quantitative estimate of drug-likeness (QED) is 0.682. The molecule has 0 radical (unpaired) electrons. The molecule has 2 heterocycles. The molecule has 0 bridgehead atoms. The summed E-state index contributed by atoms with van der Waals surface area (Å²) in [5.41, 5.74) is 0. The summed E-state index contributed by atoms with van der Waals surface area (Å²) in [5.74, 6) is 1.37. The number of hydrogen-bond donors (Lipinski definition) is 1. The van der Waals surface area contributed by atoms with Gasteiger partial charge in [-0.3, -0.25) is 0 Å². The van der Waals surface area contributed by atoms with Crippen molar-refractivity contribution in [3.05, 3.63) is 5.82 Å². The topological polar surface area (TPSA) is 74.1 Å². The monoisotopic (exact) mass is 255 g/mol. The van der Waals surface area contributed by atoms with Gasteiger partial charge in [-0.25, -0.2) is 4.68 Å². The highest BCUT2D eigenvalue weighted by molar-refractivity contribution is 4.82. The molecule has 0 aromatic carbocycles.